The topological polar surface area (TPSA) is 137 Å². The van der Waals surface area contributed by atoms with E-state index in [9.17, 15) is 32.3 Å². The van der Waals surface area contributed by atoms with Crippen LogP contribution in [0.3, 0.4) is 0 Å². The maximum absolute atomic E-state index is 14.1. The van der Waals surface area contributed by atoms with E-state index in [1.165, 1.54) is 13.0 Å². The van der Waals surface area contributed by atoms with Gasteiger partial charge in [0.25, 0.3) is 5.91 Å². The first-order chi connectivity index (χ1) is 18.5. The van der Waals surface area contributed by atoms with Crippen LogP contribution in [-0.2, 0) is 19.1 Å². The van der Waals surface area contributed by atoms with Gasteiger partial charge >= 0.3 is 5.97 Å². The number of carbonyl (C=O) groups excluding carboxylic acids is 4. The summed E-state index contributed by atoms with van der Waals surface area (Å²) in [7, 11) is 1.06. The van der Waals surface area contributed by atoms with Gasteiger partial charge in [-0.15, -0.1) is 0 Å². The summed E-state index contributed by atoms with van der Waals surface area (Å²) in [4.78, 5) is 49.8. The van der Waals surface area contributed by atoms with Gasteiger partial charge in [0.1, 0.15) is 30.2 Å². The zero-order valence-corrected chi connectivity index (χ0v) is 21.0. The molecule has 3 aromatic rings. The fraction of sp³-hybridized carbons (Fsp3) is 0.269. The number of nitrogens with zero attached hydrogens (tertiary/aromatic N) is 1. The molecule has 1 aromatic heterocycles. The summed E-state index contributed by atoms with van der Waals surface area (Å²) in [5.41, 5.74) is 0.717. The summed E-state index contributed by atoms with van der Waals surface area (Å²) >= 11 is 0. The van der Waals surface area contributed by atoms with Crippen molar-refractivity contribution in [2.45, 2.75) is 32.4 Å². The minimum Gasteiger partial charge on any atom is -0.482 e. The Morgan fingerprint density at radius 3 is 2.38 bits per heavy atom. The number of nitrogens with one attached hydrogen (secondary N) is 2. The van der Waals surface area contributed by atoms with E-state index in [4.69, 9.17) is 9.26 Å². The maximum Gasteiger partial charge on any atom is 0.308 e. The van der Waals surface area contributed by atoms with Crippen LogP contribution in [-0.4, -0.2) is 54.5 Å². The zero-order chi connectivity index (χ0) is 28.7. The number of halogens is 3. The van der Waals surface area contributed by atoms with E-state index in [1.54, 1.807) is 24.3 Å². The molecular weight excluding hydrogens is 523 g/mol. The van der Waals surface area contributed by atoms with Crippen LogP contribution in [0.25, 0.3) is 11.3 Å². The summed E-state index contributed by atoms with van der Waals surface area (Å²) in [6, 6.07) is 7.86. The quantitative estimate of drug-likeness (QED) is 0.276. The predicted molar refractivity (Wildman–Crippen MR) is 129 cm³/mol. The molecule has 3 rings (SSSR count). The molecule has 39 heavy (non-hydrogen) atoms. The molecule has 2 aromatic carbocycles. The second kappa shape index (κ2) is 12.7. The van der Waals surface area contributed by atoms with Crippen molar-refractivity contribution in [3.63, 3.8) is 0 Å². The number of amides is 2. The Morgan fingerprint density at radius 2 is 1.72 bits per heavy atom. The fourth-order valence-electron chi connectivity index (χ4n) is 3.33. The lowest BCUT2D eigenvalue weighted by Crippen LogP contribution is -2.51. The Bertz CT molecular complexity index is 1350. The summed E-state index contributed by atoms with van der Waals surface area (Å²) in [5, 5.41) is 8.49. The zero-order valence-electron chi connectivity index (χ0n) is 21.0. The average Bonchev–Trinajstić information content (AvgIpc) is 3.42. The van der Waals surface area contributed by atoms with Gasteiger partial charge in [-0.3, -0.25) is 19.2 Å². The molecule has 2 atom stereocenters. The number of hydrogen-bond donors (Lipinski definition) is 2. The van der Waals surface area contributed by atoms with Gasteiger partial charge in [-0.2, -0.15) is 4.39 Å². The smallest absolute Gasteiger partial charge is 0.308 e. The van der Waals surface area contributed by atoms with E-state index in [-0.39, 0.29) is 11.3 Å². The molecule has 2 N–H and O–H groups in total. The van der Waals surface area contributed by atoms with E-state index < -0.39 is 71.9 Å². The van der Waals surface area contributed by atoms with Crippen LogP contribution in [0, 0.1) is 24.4 Å². The van der Waals surface area contributed by atoms with Crippen molar-refractivity contribution in [1.82, 2.24) is 15.8 Å². The second-order valence-electron chi connectivity index (χ2n) is 8.34. The van der Waals surface area contributed by atoms with Crippen molar-refractivity contribution in [1.29, 1.82) is 0 Å². The number of rotatable bonds is 11. The summed E-state index contributed by atoms with van der Waals surface area (Å²) < 4.78 is 56.0. The molecule has 0 spiro atoms. The lowest BCUT2D eigenvalue weighted by atomic mass is 10.1. The highest BCUT2D eigenvalue weighted by atomic mass is 19.2. The third-order valence-electron chi connectivity index (χ3n) is 5.57. The van der Waals surface area contributed by atoms with Gasteiger partial charge in [0.2, 0.25) is 17.5 Å². The number of Topliss-reactive ketones (excluding diaryl/α,β-unsaturated/α-hetero) is 1. The van der Waals surface area contributed by atoms with Crippen LogP contribution in [0.2, 0.25) is 0 Å². The van der Waals surface area contributed by atoms with Gasteiger partial charge in [-0.05, 0) is 13.8 Å². The molecule has 0 saturated heterocycles. The molecular formula is C26H24F3N3O7. The van der Waals surface area contributed by atoms with Gasteiger partial charge in [0, 0.05) is 23.3 Å². The highest BCUT2D eigenvalue weighted by molar-refractivity contribution is 5.98. The average molecular weight is 547 g/mol. The lowest BCUT2D eigenvalue weighted by Gasteiger charge is -2.20. The number of methoxy groups -OCH3 is 1. The predicted octanol–water partition coefficient (Wildman–Crippen LogP) is 2.88. The molecule has 0 saturated carbocycles. The van der Waals surface area contributed by atoms with Crippen molar-refractivity contribution < 1.29 is 46.3 Å². The molecule has 0 aliphatic rings. The number of carbonyl (C=O) groups is 4. The summed E-state index contributed by atoms with van der Waals surface area (Å²) in [6.07, 6.45) is -0.632. The SMILES string of the molecule is COC(=O)C[C@H](NC(=O)[C@H](C)NC(=O)c1cc(-c2ccccc2)no1)C(=O)COc1c(C)c(F)cc(F)c1F. The number of esters is 1. The van der Waals surface area contributed by atoms with Crippen molar-refractivity contribution >= 4 is 23.6 Å². The van der Waals surface area contributed by atoms with Crippen LogP contribution in [0.4, 0.5) is 13.2 Å². The highest BCUT2D eigenvalue weighted by Gasteiger charge is 2.29. The van der Waals surface area contributed by atoms with Crippen molar-refractivity contribution in [2.24, 2.45) is 0 Å². The Balaban J connectivity index is 1.65. The number of benzene rings is 2. The maximum atomic E-state index is 14.1. The van der Waals surface area contributed by atoms with Gasteiger partial charge in [-0.1, -0.05) is 35.5 Å². The van der Waals surface area contributed by atoms with E-state index in [1.807, 2.05) is 6.07 Å². The first kappa shape index (κ1) is 28.9. The Kier molecular flexibility index (Phi) is 9.42. The Labute approximate surface area is 220 Å². The van der Waals surface area contributed by atoms with Crippen LogP contribution in [0.1, 0.15) is 29.5 Å². The second-order valence-corrected chi connectivity index (χ2v) is 8.34. The minimum atomic E-state index is -1.53. The molecule has 1 heterocycles. The minimum absolute atomic E-state index is 0.177. The highest BCUT2D eigenvalue weighted by Crippen LogP contribution is 2.27. The molecule has 0 aliphatic heterocycles. The molecule has 206 valence electrons. The Hall–Kier alpha value is -4.68. The number of hydrogen-bond acceptors (Lipinski definition) is 8. The lowest BCUT2D eigenvalue weighted by molar-refractivity contribution is -0.143. The van der Waals surface area contributed by atoms with E-state index in [2.05, 4.69) is 20.5 Å². The van der Waals surface area contributed by atoms with Gasteiger partial charge in [-0.25, -0.2) is 8.78 Å². The molecule has 10 nitrogen and oxygen atoms in total. The normalized spacial score (nSPS) is 12.3. The molecule has 0 fully saturated rings. The first-order valence-electron chi connectivity index (χ1n) is 11.5. The summed E-state index contributed by atoms with van der Waals surface area (Å²) in [6.45, 7) is 1.49. The fourth-order valence-corrected chi connectivity index (χ4v) is 3.33. The molecule has 0 bridgehead atoms. The standard InChI is InChI=1S/C26H24F3N3O7/c1-13-16(27)9-17(28)23(29)24(13)38-12-20(33)19(11-22(34)37-3)31-25(35)14(2)30-26(36)21-10-18(32-39-21)15-7-5-4-6-8-15/h4-10,14,19H,11-12H2,1-3H3,(H,30,36)(H,31,35)/t14-,19-/m0/s1. The first-order valence-corrected chi connectivity index (χ1v) is 11.5. The molecule has 2 amide bonds. The number of aromatic nitrogens is 1. The van der Waals surface area contributed by atoms with Crippen LogP contribution < -0.4 is 15.4 Å². The monoisotopic (exact) mass is 547 g/mol. The molecule has 0 aliphatic carbocycles. The van der Waals surface area contributed by atoms with Crippen molar-refractivity contribution in [2.75, 3.05) is 13.7 Å². The molecule has 0 radical (unpaired) electrons. The summed E-state index contributed by atoms with van der Waals surface area (Å²) in [5.74, 6) is -8.57. The van der Waals surface area contributed by atoms with Crippen molar-refractivity contribution in [3.05, 3.63) is 71.2 Å². The largest absolute Gasteiger partial charge is 0.482 e. The third-order valence-corrected chi connectivity index (χ3v) is 5.57. The van der Waals surface area contributed by atoms with Crippen LogP contribution in [0.5, 0.6) is 5.75 Å². The Morgan fingerprint density at radius 1 is 1.03 bits per heavy atom. The number of ketones is 1. The third kappa shape index (κ3) is 7.21. The van der Waals surface area contributed by atoms with Gasteiger partial charge in [0.05, 0.1) is 13.5 Å². The molecule has 13 heteroatoms. The van der Waals surface area contributed by atoms with E-state index >= 15 is 0 Å². The molecule has 0 unspecified atom stereocenters. The van der Waals surface area contributed by atoms with Crippen molar-refractivity contribution in [3.8, 4) is 17.0 Å². The van der Waals surface area contributed by atoms with E-state index in [0.29, 0.717) is 17.3 Å². The number of ether oxygens (including phenoxy) is 2. The van der Waals surface area contributed by atoms with Gasteiger partial charge in [0.15, 0.2) is 17.3 Å². The van der Waals surface area contributed by atoms with Gasteiger partial charge < -0.3 is 24.6 Å². The van der Waals surface area contributed by atoms with Crippen LogP contribution in [0.15, 0.2) is 47.0 Å². The van der Waals surface area contributed by atoms with Crippen LogP contribution >= 0.6 is 0 Å². The van der Waals surface area contributed by atoms with E-state index in [0.717, 1.165) is 14.0 Å².